The van der Waals surface area contributed by atoms with Crippen LogP contribution in [-0.4, -0.2) is 35.4 Å². The highest BCUT2D eigenvalue weighted by atomic mass is 79.9. The first-order valence-electron chi connectivity index (χ1n) is 6.49. The van der Waals surface area contributed by atoms with E-state index in [4.69, 9.17) is 0 Å². The van der Waals surface area contributed by atoms with Crippen LogP contribution in [0, 0.1) is 6.92 Å². The van der Waals surface area contributed by atoms with E-state index >= 15 is 0 Å². The highest BCUT2D eigenvalue weighted by Crippen LogP contribution is 2.27. The third-order valence-corrected chi connectivity index (χ3v) is 4.00. The number of β-amino-alcohol motifs (C(OH)–C–C–N with tert-alkyl or cyclic N) is 1. The average molecular weight is 352 g/mol. The quantitative estimate of drug-likeness (QED) is 0.901. The van der Waals surface area contributed by atoms with Crippen molar-refractivity contribution in [1.82, 2.24) is 4.90 Å². The molecular formula is C14H17BrF3NO. The highest BCUT2D eigenvalue weighted by molar-refractivity contribution is 9.10. The Balaban J connectivity index is 2.01. The van der Waals surface area contributed by atoms with E-state index in [9.17, 15) is 18.3 Å². The zero-order valence-corrected chi connectivity index (χ0v) is 12.8. The lowest BCUT2D eigenvalue weighted by Gasteiger charge is -2.31. The van der Waals surface area contributed by atoms with Crippen LogP contribution in [0.4, 0.5) is 13.2 Å². The molecule has 112 valence electrons. The fourth-order valence-corrected chi connectivity index (χ4v) is 3.28. The molecule has 1 N–H and O–H groups in total. The molecule has 0 spiro atoms. The van der Waals surface area contributed by atoms with Gasteiger partial charge in [-0.2, -0.15) is 13.2 Å². The zero-order valence-electron chi connectivity index (χ0n) is 11.2. The molecule has 0 radical (unpaired) electrons. The predicted molar refractivity (Wildman–Crippen MR) is 74.5 cm³/mol. The molecule has 0 saturated heterocycles. The highest BCUT2D eigenvalue weighted by Gasteiger charge is 2.32. The fourth-order valence-electron chi connectivity index (χ4n) is 2.66. The lowest BCUT2D eigenvalue weighted by molar-refractivity contribution is -0.155. The van der Waals surface area contributed by atoms with Crippen LogP contribution in [0.3, 0.4) is 0 Å². The van der Waals surface area contributed by atoms with Crippen molar-refractivity contribution in [2.75, 3.05) is 13.1 Å². The van der Waals surface area contributed by atoms with E-state index in [0.29, 0.717) is 13.1 Å². The molecule has 2 nitrogen and oxygen atoms in total. The van der Waals surface area contributed by atoms with Gasteiger partial charge in [-0.25, -0.2) is 0 Å². The number of hydrogen-bond acceptors (Lipinski definition) is 2. The van der Waals surface area contributed by atoms with Crippen molar-refractivity contribution in [3.63, 3.8) is 0 Å². The van der Waals surface area contributed by atoms with Gasteiger partial charge in [0.2, 0.25) is 0 Å². The number of aryl methyl sites for hydroxylation is 1. The smallest absolute Gasteiger partial charge is 0.391 e. The largest absolute Gasteiger partial charge is 0.391 e. The van der Waals surface area contributed by atoms with Gasteiger partial charge in [0.05, 0.1) is 12.5 Å². The third-order valence-electron chi connectivity index (χ3n) is 3.55. The molecule has 1 aliphatic heterocycles. The molecule has 0 fully saturated rings. The number of aliphatic hydroxyl groups is 1. The standard InChI is InChI=1S/C14H17BrF3NO/c1-9-4-11(15)5-10-2-3-19(8-13(9)10)7-12(20)6-14(16,17)18/h4-5,12,20H,2-3,6-8H2,1H3. The number of halogens is 4. The van der Waals surface area contributed by atoms with Gasteiger partial charge in [0.15, 0.2) is 0 Å². The number of nitrogens with zero attached hydrogens (tertiary/aromatic N) is 1. The van der Waals surface area contributed by atoms with Crippen molar-refractivity contribution in [3.05, 3.63) is 33.3 Å². The molecule has 1 heterocycles. The molecule has 1 atom stereocenters. The Hall–Kier alpha value is -0.590. The number of hydrogen-bond donors (Lipinski definition) is 1. The summed E-state index contributed by atoms with van der Waals surface area (Å²) in [6, 6.07) is 4.07. The molecule has 0 bridgehead atoms. The minimum absolute atomic E-state index is 0.0639. The van der Waals surface area contributed by atoms with Crippen LogP contribution in [0.5, 0.6) is 0 Å². The van der Waals surface area contributed by atoms with Crippen LogP contribution in [0.1, 0.15) is 23.1 Å². The van der Waals surface area contributed by atoms with Crippen LogP contribution >= 0.6 is 15.9 Å². The molecular weight excluding hydrogens is 335 g/mol. The summed E-state index contributed by atoms with van der Waals surface area (Å²) in [5.74, 6) is 0. The second kappa shape index (κ2) is 6.03. The van der Waals surface area contributed by atoms with Crippen molar-refractivity contribution in [2.24, 2.45) is 0 Å². The summed E-state index contributed by atoms with van der Waals surface area (Å²) in [5.41, 5.74) is 3.53. The van der Waals surface area contributed by atoms with E-state index in [1.54, 1.807) is 0 Å². The van der Waals surface area contributed by atoms with E-state index in [1.165, 1.54) is 11.1 Å². The van der Waals surface area contributed by atoms with Gasteiger partial charge in [0.25, 0.3) is 0 Å². The third kappa shape index (κ3) is 4.20. The molecule has 1 aromatic rings. The first-order chi connectivity index (χ1) is 9.24. The van der Waals surface area contributed by atoms with E-state index < -0.39 is 18.7 Å². The summed E-state index contributed by atoms with van der Waals surface area (Å²) >= 11 is 3.45. The Morgan fingerprint density at radius 2 is 2.10 bits per heavy atom. The fraction of sp³-hybridized carbons (Fsp3) is 0.571. The Morgan fingerprint density at radius 3 is 2.75 bits per heavy atom. The summed E-state index contributed by atoms with van der Waals surface area (Å²) in [4.78, 5) is 1.89. The summed E-state index contributed by atoms with van der Waals surface area (Å²) in [6.07, 6.45) is -6.01. The lowest BCUT2D eigenvalue weighted by Crippen LogP contribution is -2.38. The Bertz CT molecular complexity index is 490. The SMILES string of the molecule is Cc1cc(Br)cc2c1CN(CC(O)CC(F)(F)F)CC2. The first-order valence-corrected chi connectivity index (χ1v) is 7.29. The summed E-state index contributed by atoms with van der Waals surface area (Å²) in [5, 5.41) is 9.53. The summed E-state index contributed by atoms with van der Waals surface area (Å²) in [6.45, 7) is 3.34. The minimum atomic E-state index is -4.31. The van der Waals surface area contributed by atoms with Gasteiger partial charge < -0.3 is 5.11 Å². The van der Waals surface area contributed by atoms with Crippen LogP contribution in [0.15, 0.2) is 16.6 Å². The molecule has 1 aliphatic rings. The molecule has 1 aromatic carbocycles. The van der Waals surface area contributed by atoms with E-state index in [2.05, 4.69) is 22.0 Å². The summed E-state index contributed by atoms with van der Waals surface area (Å²) < 4.78 is 37.7. The van der Waals surface area contributed by atoms with Crippen LogP contribution < -0.4 is 0 Å². The van der Waals surface area contributed by atoms with Gasteiger partial charge in [0.1, 0.15) is 0 Å². The lowest BCUT2D eigenvalue weighted by atomic mass is 9.95. The molecule has 0 amide bonds. The second-order valence-corrected chi connectivity index (χ2v) is 6.23. The number of fused-ring (bicyclic) bond motifs is 1. The van der Waals surface area contributed by atoms with E-state index in [0.717, 1.165) is 16.5 Å². The second-order valence-electron chi connectivity index (χ2n) is 5.32. The van der Waals surface area contributed by atoms with Crippen molar-refractivity contribution in [2.45, 2.75) is 38.6 Å². The summed E-state index contributed by atoms with van der Waals surface area (Å²) in [7, 11) is 0. The number of aliphatic hydroxyl groups excluding tert-OH is 1. The maximum atomic E-state index is 12.2. The number of benzene rings is 1. The van der Waals surface area contributed by atoms with Gasteiger partial charge in [-0.05, 0) is 42.2 Å². The van der Waals surface area contributed by atoms with Gasteiger partial charge in [0, 0.05) is 24.1 Å². The van der Waals surface area contributed by atoms with Crippen LogP contribution in [-0.2, 0) is 13.0 Å². The van der Waals surface area contributed by atoms with Gasteiger partial charge >= 0.3 is 6.18 Å². The first kappa shape index (κ1) is 15.8. The molecule has 20 heavy (non-hydrogen) atoms. The topological polar surface area (TPSA) is 23.5 Å². The van der Waals surface area contributed by atoms with Gasteiger partial charge in [-0.15, -0.1) is 0 Å². The number of alkyl halides is 3. The number of rotatable bonds is 3. The molecule has 2 rings (SSSR count). The normalized spacial score (nSPS) is 17.9. The van der Waals surface area contributed by atoms with E-state index in [-0.39, 0.29) is 6.54 Å². The van der Waals surface area contributed by atoms with Gasteiger partial charge in [-0.3, -0.25) is 4.90 Å². The van der Waals surface area contributed by atoms with Gasteiger partial charge in [-0.1, -0.05) is 15.9 Å². The molecule has 6 heteroatoms. The maximum Gasteiger partial charge on any atom is 0.391 e. The maximum absolute atomic E-state index is 12.2. The predicted octanol–water partition coefficient (Wildman–Crippen LogP) is 3.43. The molecule has 1 unspecified atom stereocenters. The molecule has 0 saturated carbocycles. The Kier molecular flexibility index (Phi) is 4.76. The Labute approximate surface area is 124 Å². The van der Waals surface area contributed by atoms with Crippen molar-refractivity contribution in [1.29, 1.82) is 0 Å². The van der Waals surface area contributed by atoms with Crippen molar-refractivity contribution in [3.8, 4) is 0 Å². The zero-order chi connectivity index (χ0) is 14.9. The average Bonchev–Trinajstić information content (AvgIpc) is 2.27. The van der Waals surface area contributed by atoms with Crippen molar-refractivity contribution < 1.29 is 18.3 Å². The molecule has 0 aromatic heterocycles. The van der Waals surface area contributed by atoms with Crippen LogP contribution in [0.25, 0.3) is 0 Å². The Morgan fingerprint density at radius 1 is 1.40 bits per heavy atom. The van der Waals surface area contributed by atoms with Crippen molar-refractivity contribution >= 4 is 15.9 Å². The minimum Gasteiger partial charge on any atom is -0.391 e. The van der Waals surface area contributed by atoms with E-state index in [1.807, 2.05) is 17.9 Å². The molecule has 0 aliphatic carbocycles. The monoisotopic (exact) mass is 351 g/mol. The van der Waals surface area contributed by atoms with Crippen LogP contribution in [0.2, 0.25) is 0 Å².